The fourth-order valence-corrected chi connectivity index (χ4v) is 1.74. The van der Waals surface area contributed by atoms with Crippen molar-refractivity contribution in [3.63, 3.8) is 0 Å². The van der Waals surface area contributed by atoms with Crippen LogP contribution >= 0.6 is 23.2 Å². The molecule has 86 valence electrons. The van der Waals surface area contributed by atoms with E-state index in [9.17, 15) is 9.90 Å². The number of benzene rings is 1. The molecule has 0 fully saturated rings. The molecule has 0 radical (unpaired) electrons. The highest BCUT2D eigenvalue weighted by molar-refractivity contribution is 6.30. The molecule has 3 nitrogen and oxygen atoms in total. The Morgan fingerprint density at radius 1 is 1.62 bits per heavy atom. The zero-order valence-electron chi connectivity index (χ0n) is 8.40. The maximum atomic E-state index is 11.0. The van der Waals surface area contributed by atoms with Crippen LogP contribution in [0.2, 0.25) is 5.02 Å². The summed E-state index contributed by atoms with van der Waals surface area (Å²) < 4.78 is 0. The summed E-state index contributed by atoms with van der Waals surface area (Å²) in [5.74, 6) is 0.101. The zero-order valence-corrected chi connectivity index (χ0v) is 9.91. The van der Waals surface area contributed by atoms with Crippen LogP contribution in [0.5, 0.6) is 0 Å². The molecule has 0 aromatic heterocycles. The molecule has 1 unspecified atom stereocenters. The molecule has 0 N–H and O–H groups in total. The summed E-state index contributed by atoms with van der Waals surface area (Å²) in [5.41, 5.74) is 0.415. The van der Waals surface area contributed by atoms with Crippen molar-refractivity contribution >= 4 is 35.0 Å². The lowest BCUT2D eigenvalue weighted by molar-refractivity contribution is -0.246. The van der Waals surface area contributed by atoms with Gasteiger partial charge in [0.25, 0.3) is 0 Å². The van der Waals surface area contributed by atoms with E-state index >= 15 is 0 Å². The number of carbonyl (C=O) groups is 1. The fraction of sp³-hybridized carbons (Fsp3) is 0.182. The van der Waals surface area contributed by atoms with Gasteiger partial charge in [0.1, 0.15) is 6.09 Å². The van der Waals surface area contributed by atoms with Crippen LogP contribution in [0.3, 0.4) is 0 Å². The molecule has 0 aliphatic heterocycles. The lowest BCUT2D eigenvalue weighted by atomic mass is 10.2. The standard InChI is InChI=1S/C11H11Cl2NO2/c1-2-9(7-12)14(11(15)16)10-5-3-4-8(13)6-10/h2-6,9H,1,7H2,(H,15,16)/p-1. The van der Waals surface area contributed by atoms with Crippen LogP contribution in [0.25, 0.3) is 0 Å². The number of alkyl halides is 1. The topological polar surface area (TPSA) is 43.4 Å². The number of amides is 1. The summed E-state index contributed by atoms with van der Waals surface area (Å²) >= 11 is 11.4. The minimum absolute atomic E-state index is 0.101. The minimum Gasteiger partial charge on any atom is -0.530 e. The highest BCUT2D eigenvalue weighted by atomic mass is 35.5. The number of carbonyl (C=O) groups excluding carboxylic acids is 1. The summed E-state index contributed by atoms with van der Waals surface area (Å²) in [6, 6.07) is 5.92. The van der Waals surface area contributed by atoms with Crippen molar-refractivity contribution in [3.8, 4) is 0 Å². The molecule has 16 heavy (non-hydrogen) atoms. The van der Waals surface area contributed by atoms with Gasteiger partial charge in [-0.05, 0) is 18.2 Å². The number of rotatable bonds is 4. The van der Waals surface area contributed by atoms with E-state index in [0.717, 1.165) is 4.90 Å². The summed E-state index contributed by atoms with van der Waals surface area (Å²) in [4.78, 5) is 12.1. The third-order valence-corrected chi connectivity index (χ3v) is 2.60. The molecule has 1 aromatic carbocycles. The number of hydrogen-bond acceptors (Lipinski definition) is 2. The first-order valence-electron chi connectivity index (χ1n) is 4.54. The van der Waals surface area contributed by atoms with Crippen LogP contribution in [-0.4, -0.2) is 18.0 Å². The van der Waals surface area contributed by atoms with Crippen LogP contribution in [0.4, 0.5) is 10.5 Å². The Morgan fingerprint density at radius 2 is 2.31 bits per heavy atom. The quantitative estimate of drug-likeness (QED) is 0.615. The maximum absolute atomic E-state index is 11.0. The number of nitrogens with zero attached hydrogens (tertiary/aromatic N) is 1. The first-order valence-corrected chi connectivity index (χ1v) is 5.45. The Bertz CT molecular complexity index is 395. The van der Waals surface area contributed by atoms with Crippen LogP contribution in [0, 0.1) is 0 Å². The summed E-state index contributed by atoms with van der Waals surface area (Å²) in [7, 11) is 0. The number of anilines is 1. The lowest BCUT2D eigenvalue weighted by Crippen LogP contribution is -2.47. The summed E-state index contributed by atoms with van der Waals surface area (Å²) in [6.07, 6.45) is 0.108. The second kappa shape index (κ2) is 5.77. The molecule has 0 heterocycles. The van der Waals surface area contributed by atoms with Crippen molar-refractivity contribution in [2.45, 2.75) is 6.04 Å². The Morgan fingerprint density at radius 3 is 2.75 bits per heavy atom. The fourth-order valence-electron chi connectivity index (χ4n) is 1.30. The van der Waals surface area contributed by atoms with Gasteiger partial charge in [-0.15, -0.1) is 18.2 Å². The van der Waals surface area contributed by atoms with Gasteiger partial charge in [0.2, 0.25) is 0 Å². The molecule has 5 heteroatoms. The molecule has 0 bridgehead atoms. The predicted molar refractivity (Wildman–Crippen MR) is 64.0 cm³/mol. The van der Waals surface area contributed by atoms with Gasteiger partial charge >= 0.3 is 0 Å². The Hall–Kier alpha value is -1.19. The largest absolute Gasteiger partial charge is 0.530 e. The Kier molecular flexibility index (Phi) is 4.65. The minimum atomic E-state index is -1.34. The summed E-state index contributed by atoms with van der Waals surface area (Å²) in [5, 5.41) is 11.5. The van der Waals surface area contributed by atoms with Crippen LogP contribution < -0.4 is 10.0 Å². The van der Waals surface area contributed by atoms with Crippen molar-refractivity contribution in [1.29, 1.82) is 0 Å². The highest BCUT2D eigenvalue weighted by Gasteiger charge is 2.16. The molecule has 0 saturated carbocycles. The highest BCUT2D eigenvalue weighted by Crippen LogP contribution is 2.22. The first kappa shape index (κ1) is 12.9. The van der Waals surface area contributed by atoms with E-state index < -0.39 is 12.1 Å². The van der Waals surface area contributed by atoms with Crippen molar-refractivity contribution in [1.82, 2.24) is 0 Å². The molecule has 1 rings (SSSR count). The molecule has 0 saturated heterocycles. The van der Waals surface area contributed by atoms with E-state index in [2.05, 4.69) is 6.58 Å². The Labute approximate surface area is 104 Å². The van der Waals surface area contributed by atoms with E-state index in [-0.39, 0.29) is 5.88 Å². The van der Waals surface area contributed by atoms with E-state index in [1.54, 1.807) is 18.2 Å². The van der Waals surface area contributed by atoms with E-state index in [1.807, 2.05) is 0 Å². The van der Waals surface area contributed by atoms with Crippen LogP contribution in [0.1, 0.15) is 0 Å². The average Bonchev–Trinajstić information content (AvgIpc) is 2.24. The van der Waals surface area contributed by atoms with E-state index in [1.165, 1.54) is 12.1 Å². The molecule has 0 aliphatic carbocycles. The van der Waals surface area contributed by atoms with Gasteiger partial charge in [-0.25, -0.2) is 0 Å². The van der Waals surface area contributed by atoms with Crippen LogP contribution in [-0.2, 0) is 0 Å². The monoisotopic (exact) mass is 258 g/mol. The number of carboxylic acid groups (broad SMARTS) is 1. The lowest BCUT2D eigenvalue weighted by Gasteiger charge is -2.30. The van der Waals surface area contributed by atoms with Crippen molar-refractivity contribution in [2.24, 2.45) is 0 Å². The first-order chi connectivity index (χ1) is 7.60. The zero-order chi connectivity index (χ0) is 12.1. The second-order valence-corrected chi connectivity index (χ2v) is 3.82. The molecule has 0 spiro atoms. The Balaban J connectivity index is 3.11. The molecular weight excluding hydrogens is 249 g/mol. The number of halogens is 2. The normalized spacial score (nSPS) is 11.9. The van der Waals surface area contributed by atoms with Crippen LogP contribution in [0.15, 0.2) is 36.9 Å². The smallest absolute Gasteiger partial charge is 0.142 e. The third-order valence-electron chi connectivity index (χ3n) is 2.04. The molecule has 1 amide bonds. The molecule has 1 aromatic rings. The van der Waals surface area contributed by atoms with Gasteiger partial charge in [0.15, 0.2) is 0 Å². The van der Waals surface area contributed by atoms with Crippen molar-refractivity contribution < 1.29 is 9.90 Å². The van der Waals surface area contributed by atoms with Crippen molar-refractivity contribution in [3.05, 3.63) is 41.9 Å². The van der Waals surface area contributed by atoms with Gasteiger partial charge in [-0.1, -0.05) is 23.7 Å². The van der Waals surface area contributed by atoms with Gasteiger partial charge in [-0.2, -0.15) is 0 Å². The second-order valence-electron chi connectivity index (χ2n) is 3.07. The molecular formula is C11H10Cl2NO2-. The molecule has 0 aliphatic rings. The SMILES string of the molecule is C=CC(CCl)N(C(=O)[O-])c1cccc(Cl)c1. The van der Waals surface area contributed by atoms with E-state index in [4.69, 9.17) is 23.2 Å². The van der Waals surface area contributed by atoms with Gasteiger partial charge in [0, 0.05) is 16.6 Å². The molecule has 1 atom stereocenters. The summed E-state index contributed by atoms with van der Waals surface area (Å²) in [6.45, 7) is 3.53. The van der Waals surface area contributed by atoms with Gasteiger partial charge < -0.3 is 14.8 Å². The van der Waals surface area contributed by atoms with Gasteiger partial charge in [-0.3, -0.25) is 0 Å². The van der Waals surface area contributed by atoms with E-state index in [0.29, 0.717) is 10.7 Å². The average molecular weight is 259 g/mol. The number of hydrogen-bond donors (Lipinski definition) is 0. The predicted octanol–water partition coefficient (Wildman–Crippen LogP) is 2.28. The maximum Gasteiger partial charge on any atom is 0.142 e. The van der Waals surface area contributed by atoms with Gasteiger partial charge in [0.05, 0.1) is 6.04 Å². The van der Waals surface area contributed by atoms with Crippen molar-refractivity contribution in [2.75, 3.05) is 10.8 Å². The third kappa shape index (κ3) is 2.90.